The minimum Gasteiger partial charge on any atom is -0.340 e. The number of nitrogens with zero attached hydrogens (tertiary/aromatic N) is 1. The smallest absolute Gasteiger partial charge is 0.248 e. The second-order valence-electron chi connectivity index (χ2n) is 6.55. The van der Waals surface area contributed by atoms with Crippen LogP contribution in [0.1, 0.15) is 52.4 Å². The van der Waals surface area contributed by atoms with E-state index in [4.69, 9.17) is 0 Å². The fraction of sp³-hybridized carbons (Fsp3) is 0.875. The first-order chi connectivity index (χ1) is 10.0. The third-order valence-electron chi connectivity index (χ3n) is 4.83. The molecular formula is C16H28N2O2S. The highest BCUT2D eigenvalue weighted by Crippen LogP contribution is 2.42. The summed E-state index contributed by atoms with van der Waals surface area (Å²) in [4.78, 5) is 26.7. The summed E-state index contributed by atoms with van der Waals surface area (Å²) >= 11 is 1.88. The van der Waals surface area contributed by atoms with Crippen molar-refractivity contribution in [2.75, 3.05) is 18.6 Å². The standard InChI is InChI=1S/C16H28N2O2S/c1-12-14(19)17-16(2,13-8-9-13)15(20)18(12)10-6-4-5-7-11-21-3/h12-13H,4-11H2,1-3H3,(H,17,19). The van der Waals surface area contributed by atoms with Crippen molar-refractivity contribution in [2.24, 2.45) is 5.92 Å². The molecule has 0 aromatic carbocycles. The molecule has 5 heteroatoms. The Morgan fingerprint density at radius 1 is 1.24 bits per heavy atom. The molecule has 120 valence electrons. The van der Waals surface area contributed by atoms with E-state index in [2.05, 4.69) is 11.6 Å². The van der Waals surface area contributed by atoms with Gasteiger partial charge in [0.15, 0.2) is 0 Å². The van der Waals surface area contributed by atoms with Gasteiger partial charge in [-0.2, -0.15) is 11.8 Å². The summed E-state index contributed by atoms with van der Waals surface area (Å²) in [7, 11) is 0. The van der Waals surface area contributed by atoms with Crippen molar-refractivity contribution in [3.05, 3.63) is 0 Å². The Morgan fingerprint density at radius 3 is 2.52 bits per heavy atom. The summed E-state index contributed by atoms with van der Waals surface area (Å²) in [6.45, 7) is 4.46. The predicted molar refractivity (Wildman–Crippen MR) is 87.3 cm³/mol. The fourth-order valence-corrected chi connectivity index (χ4v) is 3.64. The molecule has 2 amide bonds. The molecule has 0 aromatic heterocycles. The Balaban J connectivity index is 1.87. The maximum atomic E-state index is 12.8. The minimum atomic E-state index is -0.650. The lowest BCUT2D eigenvalue weighted by molar-refractivity contribution is -0.154. The zero-order valence-electron chi connectivity index (χ0n) is 13.5. The number of piperazine rings is 1. The average Bonchev–Trinajstić information content (AvgIpc) is 3.28. The number of hydrogen-bond donors (Lipinski definition) is 1. The third kappa shape index (κ3) is 3.74. The van der Waals surface area contributed by atoms with E-state index in [1.165, 1.54) is 18.6 Å². The Morgan fingerprint density at radius 2 is 1.90 bits per heavy atom. The lowest BCUT2D eigenvalue weighted by atomic mass is 9.89. The Bertz CT molecular complexity index is 398. The number of nitrogens with one attached hydrogen (secondary N) is 1. The van der Waals surface area contributed by atoms with Crippen molar-refractivity contribution < 1.29 is 9.59 Å². The van der Waals surface area contributed by atoms with Crippen molar-refractivity contribution in [1.82, 2.24) is 10.2 Å². The molecular weight excluding hydrogens is 284 g/mol. The maximum Gasteiger partial charge on any atom is 0.248 e. The van der Waals surface area contributed by atoms with Crippen LogP contribution < -0.4 is 5.32 Å². The number of carbonyl (C=O) groups excluding carboxylic acids is 2. The van der Waals surface area contributed by atoms with E-state index in [1.807, 2.05) is 30.5 Å². The average molecular weight is 312 g/mol. The molecule has 21 heavy (non-hydrogen) atoms. The lowest BCUT2D eigenvalue weighted by Crippen LogP contribution is -2.69. The summed E-state index contributed by atoms with van der Waals surface area (Å²) in [5, 5.41) is 2.97. The number of hydrogen-bond acceptors (Lipinski definition) is 3. The van der Waals surface area contributed by atoms with Crippen LogP contribution in [-0.4, -0.2) is 46.8 Å². The quantitative estimate of drug-likeness (QED) is 0.700. The van der Waals surface area contributed by atoms with Gasteiger partial charge in [0, 0.05) is 6.54 Å². The molecule has 2 fully saturated rings. The highest BCUT2D eigenvalue weighted by atomic mass is 32.2. The van der Waals surface area contributed by atoms with Gasteiger partial charge in [-0.3, -0.25) is 9.59 Å². The van der Waals surface area contributed by atoms with Crippen LogP contribution in [0, 0.1) is 5.92 Å². The van der Waals surface area contributed by atoms with Crippen molar-refractivity contribution in [2.45, 2.75) is 64.0 Å². The molecule has 0 bridgehead atoms. The highest BCUT2D eigenvalue weighted by molar-refractivity contribution is 7.98. The third-order valence-corrected chi connectivity index (χ3v) is 5.52. The number of unbranched alkanes of at least 4 members (excludes halogenated alkanes) is 3. The van der Waals surface area contributed by atoms with E-state index in [-0.39, 0.29) is 17.9 Å². The van der Waals surface area contributed by atoms with Gasteiger partial charge in [-0.1, -0.05) is 12.8 Å². The highest BCUT2D eigenvalue weighted by Gasteiger charge is 2.54. The number of carbonyl (C=O) groups is 2. The molecule has 2 unspecified atom stereocenters. The van der Waals surface area contributed by atoms with Crippen LogP contribution in [0.2, 0.25) is 0 Å². The van der Waals surface area contributed by atoms with Gasteiger partial charge in [-0.15, -0.1) is 0 Å². The number of rotatable bonds is 8. The van der Waals surface area contributed by atoms with E-state index in [9.17, 15) is 9.59 Å². The molecule has 0 spiro atoms. The molecule has 1 aliphatic heterocycles. The van der Waals surface area contributed by atoms with E-state index in [0.717, 1.165) is 32.2 Å². The number of amides is 2. The van der Waals surface area contributed by atoms with Crippen molar-refractivity contribution >= 4 is 23.6 Å². The first-order valence-corrected chi connectivity index (χ1v) is 9.52. The molecule has 2 atom stereocenters. The van der Waals surface area contributed by atoms with Gasteiger partial charge in [0.1, 0.15) is 11.6 Å². The maximum absolute atomic E-state index is 12.8. The van der Waals surface area contributed by atoms with E-state index < -0.39 is 5.54 Å². The van der Waals surface area contributed by atoms with Crippen LogP contribution >= 0.6 is 11.8 Å². The van der Waals surface area contributed by atoms with Gasteiger partial charge < -0.3 is 10.2 Å². The van der Waals surface area contributed by atoms with Gasteiger partial charge in [-0.05, 0) is 57.5 Å². The summed E-state index contributed by atoms with van der Waals surface area (Å²) in [5.41, 5.74) is -0.650. The Labute approximate surface area is 132 Å². The fourth-order valence-electron chi connectivity index (χ4n) is 3.14. The summed E-state index contributed by atoms with van der Waals surface area (Å²) in [6.07, 6.45) is 8.83. The van der Waals surface area contributed by atoms with Gasteiger partial charge in [0.2, 0.25) is 11.8 Å². The molecule has 1 heterocycles. The molecule has 2 aliphatic rings. The first kappa shape index (κ1) is 16.7. The van der Waals surface area contributed by atoms with Crippen LogP contribution in [0.5, 0.6) is 0 Å². The first-order valence-electron chi connectivity index (χ1n) is 8.12. The van der Waals surface area contributed by atoms with Gasteiger partial charge >= 0.3 is 0 Å². The van der Waals surface area contributed by atoms with Gasteiger partial charge in [0.05, 0.1) is 0 Å². The zero-order valence-corrected chi connectivity index (χ0v) is 14.3. The topological polar surface area (TPSA) is 49.4 Å². The van der Waals surface area contributed by atoms with Crippen LogP contribution in [-0.2, 0) is 9.59 Å². The van der Waals surface area contributed by atoms with Crippen molar-refractivity contribution in [3.63, 3.8) is 0 Å². The largest absolute Gasteiger partial charge is 0.340 e. The summed E-state index contributed by atoms with van der Waals surface area (Å²) in [5.74, 6) is 1.68. The minimum absolute atomic E-state index is 0.00591. The molecule has 1 saturated carbocycles. The van der Waals surface area contributed by atoms with Crippen molar-refractivity contribution in [3.8, 4) is 0 Å². The SMILES string of the molecule is CSCCCCCCN1C(=O)C(C)(C2CC2)NC(=O)C1C. The molecule has 1 N–H and O–H groups in total. The van der Waals surface area contributed by atoms with Gasteiger partial charge in [0.25, 0.3) is 0 Å². The molecule has 0 radical (unpaired) electrons. The second kappa shape index (κ2) is 7.03. The van der Waals surface area contributed by atoms with Crippen LogP contribution in [0.3, 0.4) is 0 Å². The van der Waals surface area contributed by atoms with E-state index in [0.29, 0.717) is 5.92 Å². The Kier molecular flexibility index (Phi) is 5.58. The summed E-state index contributed by atoms with van der Waals surface area (Å²) in [6, 6.07) is -0.324. The van der Waals surface area contributed by atoms with E-state index >= 15 is 0 Å². The van der Waals surface area contributed by atoms with E-state index in [1.54, 1.807) is 0 Å². The molecule has 4 nitrogen and oxygen atoms in total. The normalized spacial score (nSPS) is 29.7. The predicted octanol–water partition coefficient (Wildman–Crippen LogP) is 2.43. The monoisotopic (exact) mass is 312 g/mol. The summed E-state index contributed by atoms with van der Waals surface area (Å²) < 4.78 is 0. The molecule has 1 saturated heterocycles. The molecule has 0 aromatic rings. The second-order valence-corrected chi connectivity index (χ2v) is 7.53. The lowest BCUT2D eigenvalue weighted by Gasteiger charge is -2.43. The van der Waals surface area contributed by atoms with Crippen LogP contribution in [0.25, 0.3) is 0 Å². The molecule has 2 rings (SSSR count). The number of thioether (sulfide) groups is 1. The Hall–Kier alpha value is -0.710. The van der Waals surface area contributed by atoms with Crippen LogP contribution in [0.4, 0.5) is 0 Å². The zero-order chi connectivity index (χ0) is 15.5. The van der Waals surface area contributed by atoms with Crippen molar-refractivity contribution in [1.29, 1.82) is 0 Å². The van der Waals surface area contributed by atoms with Gasteiger partial charge in [-0.25, -0.2) is 0 Å². The van der Waals surface area contributed by atoms with Crippen LogP contribution in [0.15, 0.2) is 0 Å². The molecule has 1 aliphatic carbocycles.